The van der Waals surface area contributed by atoms with Crippen molar-refractivity contribution in [3.8, 4) is 16.2 Å². The van der Waals surface area contributed by atoms with E-state index in [9.17, 15) is 4.39 Å². The van der Waals surface area contributed by atoms with Crippen molar-refractivity contribution in [3.63, 3.8) is 0 Å². The van der Waals surface area contributed by atoms with Crippen molar-refractivity contribution in [1.29, 1.82) is 0 Å². The van der Waals surface area contributed by atoms with Gasteiger partial charge in [0.2, 0.25) is 0 Å². The van der Waals surface area contributed by atoms with Gasteiger partial charge in [-0.05, 0) is 71.1 Å². The van der Waals surface area contributed by atoms with Crippen LogP contribution < -0.4 is 10.1 Å². The predicted molar refractivity (Wildman–Crippen MR) is 146 cm³/mol. The molecular formula is C29H19ClFN3OS. The Kier molecular flexibility index (Phi) is 5.97. The van der Waals surface area contributed by atoms with Crippen molar-refractivity contribution in [3.05, 3.63) is 114 Å². The predicted octanol–water partition coefficient (Wildman–Crippen LogP) is 8.63. The molecule has 2 heterocycles. The van der Waals surface area contributed by atoms with Crippen LogP contribution >= 0.6 is 22.9 Å². The third-order valence-corrected chi connectivity index (χ3v) is 7.28. The molecule has 0 aliphatic rings. The van der Waals surface area contributed by atoms with Gasteiger partial charge < -0.3 is 10.1 Å². The number of anilines is 2. The Balaban J connectivity index is 1.26. The lowest BCUT2D eigenvalue weighted by Crippen LogP contribution is -1.98. The summed E-state index contributed by atoms with van der Waals surface area (Å²) in [7, 11) is 0. The minimum absolute atomic E-state index is 0.224. The topological polar surface area (TPSA) is 47.0 Å². The number of nitrogens with zero attached hydrogens (tertiary/aromatic N) is 2. The molecule has 7 heteroatoms. The zero-order valence-electron chi connectivity index (χ0n) is 18.9. The first-order chi connectivity index (χ1) is 17.6. The van der Waals surface area contributed by atoms with Crippen molar-refractivity contribution >= 4 is 55.4 Å². The van der Waals surface area contributed by atoms with Gasteiger partial charge in [-0.15, -0.1) is 11.3 Å². The van der Waals surface area contributed by atoms with Gasteiger partial charge >= 0.3 is 0 Å². The average molecular weight is 512 g/mol. The molecule has 0 atom stereocenters. The Morgan fingerprint density at radius 2 is 1.81 bits per heavy atom. The summed E-state index contributed by atoms with van der Waals surface area (Å²) in [5, 5.41) is 5.95. The summed E-state index contributed by atoms with van der Waals surface area (Å²) in [5.41, 5.74) is 3.46. The van der Waals surface area contributed by atoms with E-state index in [1.54, 1.807) is 41.9 Å². The summed E-state index contributed by atoms with van der Waals surface area (Å²) in [4.78, 5) is 10.1. The van der Waals surface area contributed by atoms with Crippen LogP contribution in [-0.4, -0.2) is 9.97 Å². The van der Waals surface area contributed by atoms with Crippen LogP contribution in [0.15, 0.2) is 97.3 Å². The normalized spacial score (nSPS) is 11.2. The van der Waals surface area contributed by atoms with E-state index in [2.05, 4.69) is 57.7 Å². The highest BCUT2D eigenvalue weighted by Crippen LogP contribution is 2.36. The van der Waals surface area contributed by atoms with Gasteiger partial charge in [0.05, 0.1) is 10.5 Å². The van der Waals surface area contributed by atoms with Crippen LogP contribution in [0.25, 0.3) is 31.4 Å². The van der Waals surface area contributed by atoms with Crippen molar-refractivity contribution in [2.24, 2.45) is 0 Å². The van der Waals surface area contributed by atoms with Gasteiger partial charge in [0.1, 0.15) is 30.3 Å². The highest BCUT2D eigenvalue weighted by molar-refractivity contribution is 7.22. The van der Waals surface area contributed by atoms with Gasteiger partial charge in [-0.1, -0.05) is 48.0 Å². The molecule has 0 saturated heterocycles. The maximum absolute atomic E-state index is 13.4. The van der Waals surface area contributed by atoms with Crippen LogP contribution in [0.4, 0.5) is 15.9 Å². The van der Waals surface area contributed by atoms with Crippen LogP contribution in [-0.2, 0) is 6.61 Å². The van der Waals surface area contributed by atoms with Crippen molar-refractivity contribution in [2.45, 2.75) is 6.61 Å². The molecule has 2 aromatic heterocycles. The van der Waals surface area contributed by atoms with Crippen molar-refractivity contribution in [2.75, 3.05) is 5.32 Å². The van der Waals surface area contributed by atoms with E-state index in [1.807, 2.05) is 12.1 Å². The summed E-state index contributed by atoms with van der Waals surface area (Å²) in [6.45, 7) is 0.224. The molecule has 6 aromatic rings. The SMILES string of the molecule is Fc1cccc(COc2ccc(Nc3ncnc4ccc(-c5cc6ccccc6s5)cc34)cc2Cl)c1. The molecule has 0 bridgehead atoms. The fourth-order valence-electron chi connectivity index (χ4n) is 4.05. The molecule has 1 N–H and O–H groups in total. The second-order valence-corrected chi connectivity index (χ2v) is 9.78. The second-order valence-electron chi connectivity index (χ2n) is 8.29. The molecule has 6 rings (SSSR count). The number of hydrogen-bond acceptors (Lipinski definition) is 5. The highest BCUT2D eigenvalue weighted by Gasteiger charge is 2.11. The van der Waals surface area contributed by atoms with Gasteiger partial charge in [0.15, 0.2) is 0 Å². The molecule has 0 spiro atoms. The van der Waals surface area contributed by atoms with E-state index >= 15 is 0 Å². The molecular weight excluding hydrogens is 493 g/mol. The Morgan fingerprint density at radius 1 is 0.889 bits per heavy atom. The number of ether oxygens (including phenoxy) is 1. The smallest absolute Gasteiger partial charge is 0.141 e. The lowest BCUT2D eigenvalue weighted by Gasteiger charge is -2.12. The summed E-state index contributed by atoms with van der Waals surface area (Å²) >= 11 is 8.25. The van der Waals surface area contributed by atoms with E-state index < -0.39 is 0 Å². The van der Waals surface area contributed by atoms with E-state index in [1.165, 1.54) is 27.1 Å². The van der Waals surface area contributed by atoms with E-state index in [4.69, 9.17) is 16.3 Å². The molecule has 4 nitrogen and oxygen atoms in total. The summed E-state index contributed by atoms with van der Waals surface area (Å²) in [5.74, 6) is 0.910. The minimum Gasteiger partial charge on any atom is -0.487 e. The first-order valence-corrected chi connectivity index (χ1v) is 12.5. The molecule has 0 radical (unpaired) electrons. The number of nitrogens with one attached hydrogen (secondary N) is 1. The summed E-state index contributed by atoms with van der Waals surface area (Å²) < 4.78 is 20.5. The number of hydrogen-bond donors (Lipinski definition) is 1. The first kappa shape index (κ1) is 22.5. The number of aromatic nitrogens is 2. The van der Waals surface area contributed by atoms with Crippen molar-refractivity contribution < 1.29 is 9.13 Å². The molecule has 0 unspecified atom stereocenters. The Bertz CT molecular complexity index is 1690. The fourth-order valence-corrected chi connectivity index (χ4v) is 5.35. The lowest BCUT2D eigenvalue weighted by molar-refractivity contribution is 0.306. The van der Waals surface area contributed by atoms with Crippen molar-refractivity contribution in [1.82, 2.24) is 9.97 Å². The van der Waals surface area contributed by atoms with Gasteiger partial charge in [-0.3, -0.25) is 0 Å². The lowest BCUT2D eigenvalue weighted by atomic mass is 10.1. The van der Waals surface area contributed by atoms with E-state index in [0.717, 1.165) is 27.7 Å². The highest BCUT2D eigenvalue weighted by atomic mass is 35.5. The molecule has 0 saturated carbocycles. The van der Waals surface area contributed by atoms with E-state index in [-0.39, 0.29) is 12.4 Å². The maximum Gasteiger partial charge on any atom is 0.141 e. The second kappa shape index (κ2) is 9.57. The third kappa shape index (κ3) is 4.61. The monoisotopic (exact) mass is 511 g/mol. The van der Waals surface area contributed by atoms with Crippen LogP contribution in [0, 0.1) is 5.82 Å². The number of fused-ring (bicyclic) bond motifs is 2. The zero-order chi connectivity index (χ0) is 24.5. The van der Waals surface area contributed by atoms with Gasteiger partial charge in [-0.25, -0.2) is 14.4 Å². The fraction of sp³-hybridized carbons (Fsp3) is 0.0345. The number of halogens is 2. The Morgan fingerprint density at radius 3 is 2.67 bits per heavy atom. The van der Waals surface area contributed by atoms with Gasteiger partial charge in [0.25, 0.3) is 0 Å². The summed E-state index contributed by atoms with van der Waals surface area (Å²) in [6.07, 6.45) is 1.54. The quantitative estimate of drug-likeness (QED) is 0.243. The maximum atomic E-state index is 13.4. The van der Waals surface area contributed by atoms with Crippen LogP contribution in [0.2, 0.25) is 5.02 Å². The van der Waals surface area contributed by atoms with Crippen LogP contribution in [0.3, 0.4) is 0 Å². The first-order valence-electron chi connectivity index (χ1n) is 11.3. The Hall–Kier alpha value is -4.00. The number of benzene rings is 4. The molecule has 0 aliphatic heterocycles. The average Bonchev–Trinajstić information content (AvgIpc) is 3.33. The Labute approximate surface area is 216 Å². The van der Waals surface area contributed by atoms with Gasteiger partial charge in [0, 0.05) is 20.7 Å². The molecule has 176 valence electrons. The van der Waals surface area contributed by atoms with Gasteiger partial charge in [-0.2, -0.15) is 0 Å². The van der Waals surface area contributed by atoms with E-state index in [0.29, 0.717) is 16.6 Å². The molecule has 0 amide bonds. The minimum atomic E-state index is -0.297. The molecule has 0 fully saturated rings. The third-order valence-electron chi connectivity index (χ3n) is 5.82. The number of thiophene rings is 1. The summed E-state index contributed by atoms with van der Waals surface area (Å²) in [6, 6.07) is 28.5. The molecule has 4 aromatic carbocycles. The molecule has 36 heavy (non-hydrogen) atoms. The number of rotatable bonds is 6. The van der Waals surface area contributed by atoms with Crippen LogP contribution in [0.1, 0.15) is 5.56 Å². The molecule has 0 aliphatic carbocycles. The standard InChI is InChI=1S/C29H19ClFN3OS/c30-24-15-22(9-11-26(24)35-16-18-4-3-6-21(31)12-18)34-29-23-13-20(8-10-25(23)32-17-33-29)28-14-19-5-1-2-7-27(19)36-28/h1-15,17H,16H2,(H,32,33,34). The zero-order valence-corrected chi connectivity index (χ0v) is 20.5. The largest absolute Gasteiger partial charge is 0.487 e. The van der Waals surface area contributed by atoms with Crippen LogP contribution in [0.5, 0.6) is 5.75 Å².